The Labute approximate surface area is 198 Å². The number of anilines is 1. The van der Waals surface area contributed by atoms with Crippen LogP contribution in [0.3, 0.4) is 0 Å². The lowest BCUT2D eigenvalue weighted by Crippen LogP contribution is -2.18. The lowest BCUT2D eigenvalue weighted by molar-refractivity contribution is 0.402. The molecule has 0 spiro atoms. The third kappa shape index (κ3) is 8.05. The van der Waals surface area contributed by atoms with Gasteiger partial charge in [0.2, 0.25) is 5.95 Å². The summed E-state index contributed by atoms with van der Waals surface area (Å²) in [6, 6.07) is 8.44. The number of thioether (sulfide) groups is 1. The Hall–Kier alpha value is -2.20. The smallest absolute Gasteiger partial charge is 0.255 e. The molecule has 3 rings (SSSR count). The first kappa shape index (κ1) is 24.4. The molecule has 2 N–H and O–H groups in total. The van der Waals surface area contributed by atoms with Crippen LogP contribution in [-0.2, 0) is 25.3 Å². The highest BCUT2D eigenvalue weighted by Gasteiger charge is 2.07. The van der Waals surface area contributed by atoms with Gasteiger partial charge in [0, 0.05) is 65.3 Å². The molecule has 3 heterocycles. The van der Waals surface area contributed by atoms with Gasteiger partial charge in [-0.3, -0.25) is 14.8 Å². The van der Waals surface area contributed by atoms with Crippen molar-refractivity contribution >= 4 is 29.0 Å². The topological polar surface area (TPSA) is 77.2 Å². The molecule has 3 aromatic heterocycles. The van der Waals surface area contributed by atoms with E-state index in [1.807, 2.05) is 18.0 Å². The van der Waals surface area contributed by atoms with Crippen molar-refractivity contribution in [3.8, 4) is 0 Å². The molecule has 0 fully saturated rings. The molecule has 0 saturated carbocycles. The van der Waals surface area contributed by atoms with Crippen LogP contribution in [0.5, 0.6) is 0 Å². The second-order valence-corrected chi connectivity index (χ2v) is 10.6. The number of aromatic nitrogens is 3. The normalized spacial score (nSPS) is 11.4. The summed E-state index contributed by atoms with van der Waals surface area (Å²) in [4.78, 5) is 30.9. The molecular weight excluding hydrogens is 440 g/mol. The second kappa shape index (κ2) is 12.2. The van der Waals surface area contributed by atoms with E-state index in [0.717, 1.165) is 36.8 Å². The molecular formula is C23H32N6OS2. The van der Waals surface area contributed by atoms with Gasteiger partial charge in [-0.1, -0.05) is 0 Å². The number of hydrogen-bond acceptors (Lipinski definition) is 8. The van der Waals surface area contributed by atoms with Crippen LogP contribution < -0.4 is 10.9 Å². The van der Waals surface area contributed by atoms with Gasteiger partial charge in [-0.25, -0.2) is 4.98 Å². The predicted molar refractivity (Wildman–Crippen MR) is 136 cm³/mol. The van der Waals surface area contributed by atoms with Gasteiger partial charge in [-0.15, -0.1) is 11.3 Å². The van der Waals surface area contributed by atoms with Gasteiger partial charge in [0.05, 0.1) is 5.69 Å². The molecule has 9 heteroatoms. The third-order valence-corrected chi connectivity index (χ3v) is 6.66. The van der Waals surface area contributed by atoms with E-state index in [9.17, 15) is 4.79 Å². The molecule has 0 unspecified atom stereocenters. The number of pyridine rings is 1. The molecule has 0 saturated heterocycles. The Kier molecular flexibility index (Phi) is 9.28. The van der Waals surface area contributed by atoms with Crippen molar-refractivity contribution in [2.24, 2.45) is 0 Å². The number of aromatic amines is 1. The highest BCUT2D eigenvalue weighted by Crippen LogP contribution is 2.20. The van der Waals surface area contributed by atoms with E-state index in [1.165, 1.54) is 15.3 Å². The molecule has 3 aromatic rings. The van der Waals surface area contributed by atoms with Crippen molar-refractivity contribution in [2.75, 3.05) is 45.8 Å². The minimum atomic E-state index is -0.0837. The van der Waals surface area contributed by atoms with Crippen molar-refractivity contribution in [1.29, 1.82) is 0 Å². The van der Waals surface area contributed by atoms with Crippen LogP contribution in [0, 0.1) is 0 Å². The molecule has 32 heavy (non-hydrogen) atoms. The maximum absolute atomic E-state index is 12.5. The molecule has 0 amide bonds. The fraction of sp³-hybridized carbons (Fsp3) is 0.435. The first-order chi connectivity index (χ1) is 15.4. The Morgan fingerprint density at radius 1 is 1.06 bits per heavy atom. The predicted octanol–water partition coefficient (Wildman–Crippen LogP) is 3.29. The fourth-order valence-electron chi connectivity index (χ4n) is 3.23. The monoisotopic (exact) mass is 472 g/mol. The summed E-state index contributed by atoms with van der Waals surface area (Å²) in [6.07, 6.45) is 4.17. The van der Waals surface area contributed by atoms with Crippen LogP contribution in [0.4, 0.5) is 5.95 Å². The Morgan fingerprint density at radius 3 is 2.59 bits per heavy atom. The fourth-order valence-corrected chi connectivity index (χ4v) is 5.14. The van der Waals surface area contributed by atoms with E-state index in [-0.39, 0.29) is 5.56 Å². The van der Waals surface area contributed by atoms with Gasteiger partial charge in [-0.2, -0.15) is 11.8 Å². The molecule has 0 aliphatic heterocycles. The quantitative estimate of drug-likeness (QED) is 0.392. The lowest BCUT2D eigenvalue weighted by Gasteiger charge is -2.10. The number of thiophene rings is 1. The van der Waals surface area contributed by atoms with Crippen LogP contribution in [0.2, 0.25) is 0 Å². The average molecular weight is 473 g/mol. The van der Waals surface area contributed by atoms with Gasteiger partial charge in [0.25, 0.3) is 5.56 Å². The number of rotatable bonds is 12. The van der Waals surface area contributed by atoms with Crippen LogP contribution in [0.15, 0.2) is 41.5 Å². The van der Waals surface area contributed by atoms with E-state index in [4.69, 9.17) is 0 Å². The van der Waals surface area contributed by atoms with Gasteiger partial charge < -0.3 is 15.1 Å². The largest absolute Gasteiger partial charge is 0.355 e. The van der Waals surface area contributed by atoms with Gasteiger partial charge in [0.15, 0.2) is 0 Å². The van der Waals surface area contributed by atoms with Crippen molar-refractivity contribution < 1.29 is 0 Å². The van der Waals surface area contributed by atoms with Crippen LogP contribution >= 0.6 is 23.1 Å². The Bertz CT molecular complexity index is 1050. The van der Waals surface area contributed by atoms with Gasteiger partial charge >= 0.3 is 0 Å². The zero-order valence-corrected chi connectivity index (χ0v) is 20.9. The molecule has 172 valence electrons. The third-order valence-electron chi connectivity index (χ3n) is 4.60. The maximum atomic E-state index is 12.5. The highest BCUT2D eigenvalue weighted by molar-refractivity contribution is 7.98. The van der Waals surface area contributed by atoms with Crippen molar-refractivity contribution in [3.05, 3.63) is 73.6 Å². The zero-order chi connectivity index (χ0) is 22.9. The van der Waals surface area contributed by atoms with Gasteiger partial charge in [0.1, 0.15) is 0 Å². The number of H-pyrrole nitrogens is 1. The minimum Gasteiger partial charge on any atom is -0.355 e. The lowest BCUT2D eigenvalue weighted by atomic mass is 10.2. The average Bonchev–Trinajstić information content (AvgIpc) is 3.15. The summed E-state index contributed by atoms with van der Waals surface area (Å²) in [7, 11) is 8.24. The maximum Gasteiger partial charge on any atom is 0.255 e. The molecule has 0 aliphatic rings. The second-order valence-electron chi connectivity index (χ2n) is 8.24. The summed E-state index contributed by atoms with van der Waals surface area (Å²) in [6.45, 7) is 2.56. The first-order valence-corrected chi connectivity index (χ1v) is 12.6. The van der Waals surface area contributed by atoms with E-state index < -0.39 is 0 Å². The van der Waals surface area contributed by atoms with Crippen LogP contribution in [0.1, 0.15) is 26.6 Å². The first-order valence-electron chi connectivity index (χ1n) is 10.6. The number of hydrogen-bond donors (Lipinski definition) is 2. The molecule has 0 bridgehead atoms. The summed E-state index contributed by atoms with van der Waals surface area (Å²) in [5.41, 5.74) is 2.97. The van der Waals surface area contributed by atoms with E-state index in [2.05, 4.69) is 82.5 Å². The molecule has 0 atom stereocenters. The van der Waals surface area contributed by atoms with Crippen molar-refractivity contribution in [3.63, 3.8) is 0 Å². The highest BCUT2D eigenvalue weighted by atomic mass is 32.2. The molecule has 7 nitrogen and oxygen atoms in total. The summed E-state index contributed by atoms with van der Waals surface area (Å²) in [5.74, 6) is 2.28. The van der Waals surface area contributed by atoms with Crippen LogP contribution in [-0.4, -0.2) is 65.2 Å². The Morgan fingerprint density at radius 2 is 1.84 bits per heavy atom. The summed E-state index contributed by atoms with van der Waals surface area (Å²) >= 11 is 3.55. The summed E-state index contributed by atoms with van der Waals surface area (Å²) < 4.78 is 0. The van der Waals surface area contributed by atoms with E-state index in [0.29, 0.717) is 17.9 Å². The number of nitrogens with one attached hydrogen (secondary N) is 2. The molecule has 0 radical (unpaired) electrons. The minimum absolute atomic E-state index is 0.0837. The Balaban J connectivity index is 1.43. The standard InChI is InChI=1S/C23H32N6OS2/c1-28(2)14-17-7-8-24-19(11-17)16-31-10-9-25-23-26-13-18(22(30)27-23)12-20-5-6-21(32-20)15-29(3)4/h5-8,11,13H,9-10,12,14-16H2,1-4H3,(H2,25,26,27,30). The van der Waals surface area contributed by atoms with E-state index in [1.54, 1.807) is 17.5 Å². The van der Waals surface area contributed by atoms with Crippen molar-refractivity contribution in [2.45, 2.75) is 25.3 Å². The molecule has 0 aliphatic carbocycles. The van der Waals surface area contributed by atoms with Crippen molar-refractivity contribution in [1.82, 2.24) is 24.8 Å². The molecule has 0 aromatic carbocycles. The van der Waals surface area contributed by atoms with Gasteiger partial charge in [-0.05, 0) is 58.0 Å². The zero-order valence-electron chi connectivity index (χ0n) is 19.2. The van der Waals surface area contributed by atoms with Crippen LogP contribution in [0.25, 0.3) is 0 Å². The van der Waals surface area contributed by atoms with E-state index >= 15 is 0 Å². The number of nitrogens with zero attached hydrogens (tertiary/aromatic N) is 4. The SMILES string of the molecule is CN(C)Cc1ccnc(CSCCNc2ncc(Cc3ccc(CN(C)C)s3)c(=O)[nH]2)c1. The summed E-state index contributed by atoms with van der Waals surface area (Å²) in [5, 5.41) is 3.21.